The Labute approximate surface area is 135 Å². The lowest BCUT2D eigenvalue weighted by Crippen LogP contribution is -2.44. The van der Waals surface area contributed by atoms with Gasteiger partial charge in [-0.15, -0.1) is 0 Å². The van der Waals surface area contributed by atoms with Gasteiger partial charge >= 0.3 is 0 Å². The number of carbonyl (C=O) groups excluding carboxylic acids is 2. The van der Waals surface area contributed by atoms with Crippen LogP contribution < -0.4 is 16.9 Å². The molecule has 0 atom stereocenters. The number of aryl methyl sites for hydroxylation is 1. The lowest BCUT2D eigenvalue weighted by Gasteiger charge is -2.17. The van der Waals surface area contributed by atoms with Crippen LogP contribution in [0.1, 0.15) is 21.5 Å². The molecule has 0 aliphatic rings. The zero-order chi connectivity index (χ0) is 16.8. The third-order valence-electron chi connectivity index (χ3n) is 3.38. The minimum atomic E-state index is -0.492. The fourth-order valence-electron chi connectivity index (χ4n) is 2.04. The Morgan fingerprint density at radius 1 is 1.09 bits per heavy atom. The predicted molar refractivity (Wildman–Crippen MR) is 89.1 cm³/mol. The maximum atomic E-state index is 12.2. The number of anilines is 1. The molecule has 0 bridgehead atoms. The highest BCUT2D eigenvalue weighted by molar-refractivity contribution is 6.00. The first-order valence-corrected chi connectivity index (χ1v) is 7.20. The second kappa shape index (κ2) is 7.42. The second-order valence-corrected chi connectivity index (χ2v) is 5.28. The van der Waals surface area contributed by atoms with E-state index in [4.69, 9.17) is 11.6 Å². The van der Waals surface area contributed by atoms with E-state index in [1.54, 1.807) is 24.3 Å². The maximum absolute atomic E-state index is 12.2. The zero-order valence-electron chi connectivity index (χ0n) is 13.0. The lowest BCUT2D eigenvalue weighted by molar-refractivity contribution is -0.122. The summed E-state index contributed by atoms with van der Waals surface area (Å²) in [6.45, 7) is 2.14. The van der Waals surface area contributed by atoms with Crippen LogP contribution in [0.5, 0.6) is 0 Å². The van der Waals surface area contributed by atoms with E-state index >= 15 is 0 Å². The molecule has 0 saturated heterocycles. The molecule has 2 rings (SSSR count). The van der Waals surface area contributed by atoms with Gasteiger partial charge in [0, 0.05) is 12.2 Å². The summed E-state index contributed by atoms with van der Waals surface area (Å²) < 4.78 is 0. The summed E-state index contributed by atoms with van der Waals surface area (Å²) >= 11 is 0. The van der Waals surface area contributed by atoms with Crippen molar-refractivity contribution in [1.82, 2.24) is 10.3 Å². The van der Waals surface area contributed by atoms with Gasteiger partial charge in [0.05, 0.1) is 5.56 Å². The van der Waals surface area contributed by atoms with Gasteiger partial charge in [-0.2, -0.15) is 0 Å². The van der Waals surface area contributed by atoms with Crippen LogP contribution in [0, 0.1) is 6.92 Å². The lowest BCUT2D eigenvalue weighted by atomic mass is 10.1. The SMILES string of the molecule is Cc1ccc(CNC(=O)CN(N)C(=O)c2ccccc2N)cc1. The minimum Gasteiger partial charge on any atom is -0.398 e. The molecule has 2 amide bonds. The van der Waals surface area contributed by atoms with Crippen LogP contribution in [0.15, 0.2) is 48.5 Å². The minimum absolute atomic E-state index is 0.237. The summed E-state index contributed by atoms with van der Waals surface area (Å²) in [5, 5.41) is 3.58. The van der Waals surface area contributed by atoms with Crippen molar-refractivity contribution in [2.24, 2.45) is 5.84 Å². The van der Waals surface area contributed by atoms with Crippen LogP contribution in [0.4, 0.5) is 5.69 Å². The molecule has 6 nitrogen and oxygen atoms in total. The van der Waals surface area contributed by atoms with Gasteiger partial charge < -0.3 is 11.1 Å². The molecule has 2 aromatic rings. The fraction of sp³-hybridized carbons (Fsp3) is 0.176. The van der Waals surface area contributed by atoms with Gasteiger partial charge in [0.1, 0.15) is 6.54 Å². The van der Waals surface area contributed by atoms with E-state index in [9.17, 15) is 9.59 Å². The molecule has 5 N–H and O–H groups in total. The Balaban J connectivity index is 1.88. The summed E-state index contributed by atoms with van der Waals surface area (Å²) in [5.74, 6) is 4.85. The first-order valence-electron chi connectivity index (χ1n) is 7.20. The molecule has 6 heteroatoms. The molecule has 0 radical (unpaired) electrons. The van der Waals surface area contributed by atoms with Gasteiger partial charge in [0.2, 0.25) is 5.91 Å². The summed E-state index contributed by atoms with van der Waals surface area (Å²) in [5.41, 5.74) is 8.47. The molecule has 0 fully saturated rings. The maximum Gasteiger partial charge on any atom is 0.270 e. The number of amides is 2. The van der Waals surface area contributed by atoms with E-state index in [0.717, 1.165) is 16.1 Å². The average Bonchev–Trinajstić information content (AvgIpc) is 2.54. The fourth-order valence-corrected chi connectivity index (χ4v) is 2.04. The van der Waals surface area contributed by atoms with E-state index in [1.807, 2.05) is 31.2 Å². The number of benzene rings is 2. The molecule has 0 aliphatic heterocycles. The van der Waals surface area contributed by atoms with Crippen LogP contribution in [0.2, 0.25) is 0 Å². The quantitative estimate of drug-likeness (QED) is 0.334. The number of nitrogen functional groups attached to an aromatic ring is 1. The normalized spacial score (nSPS) is 10.2. The molecule has 120 valence electrons. The molecular formula is C17H20N4O2. The molecule has 0 heterocycles. The highest BCUT2D eigenvalue weighted by atomic mass is 16.2. The van der Waals surface area contributed by atoms with Crippen LogP contribution in [0.25, 0.3) is 0 Å². The Morgan fingerprint density at radius 2 is 1.74 bits per heavy atom. The smallest absolute Gasteiger partial charge is 0.270 e. The van der Waals surface area contributed by atoms with Crippen molar-refractivity contribution in [3.8, 4) is 0 Å². The summed E-state index contributed by atoms with van der Waals surface area (Å²) in [4.78, 5) is 24.1. The third kappa shape index (κ3) is 4.55. The van der Waals surface area contributed by atoms with Crippen LogP contribution in [-0.2, 0) is 11.3 Å². The molecule has 0 unspecified atom stereocenters. The number of carbonyl (C=O) groups is 2. The van der Waals surface area contributed by atoms with E-state index in [2.05, 4.69) is 5.32 Å². The highest BCUT2D eigenvalue weighted by Crippen LogP contribution is 2.11. The largest absolute Gasteiger partial charge is 0.398 e. The molecule has 23 heavy (non-hydrogen) atoms. The average molecular weight is 312 g/mol. The van der Waals surface area contributed by atoms with Gasteiger partial charge in [-0.1, -0.05) is 42.0 Å². The molecule has 0 aliphatic carbocycles. The Bertz CT molecular complexity index is 698. The van der Waals surface area contributed by atoms with E-state index in [-0.39, 0.29) is 18.0 Å². The van der Waals surface area contributed by atoms with E-state index < -0.39 is 5.91 Å². The van der Waals surface area contributed by atoms with E-state index in [0.29, 0.717) is 12.2 Å². The van der Waals surface area contributed by atoms with Gasteiger partial charge in [-0.05, 0) is 24.6 Å². The Kier molecular flexibility index (Phi) is 5.32. The Morgan fingerprint density at radius 3 is 2.39 bits per heavy atom. The molecule has 0 spiro atoms. The first kappa shape index (κ1) is 16.5. The number of nitrogens with zero attached hydrogens (tertiary/aromatic N) is 1. The molecule has 2 aromatic carbocycles. The number of hydrazine groups is 1. The van der Waals surface area contributed by atoms with Crippen molar-refractivity contribution in [2.75, 3.05) is 12.3 Å². The zero-order valence-corrected chi connectivity index (χ0v) is 13.0. The monoisotopic (exact) mass is 312 g/mol. The first-order chi connectivity index (χ1) is 11.0. The van der Waals surface area contributed by atoms with Crippen molar-refractivity contribution < 1.29 is 9.59 Å². The summed E-state index contributed by atoms with van der Waals surface area (Å²) in [6, 6.07) is 14.4. The summed E-state index contributed by atoms with van der Waals surface area (Å²) in [7, 11) is 0. The predicted octanol–water partition coefficient (Wildman–Crippen LogP) is 1.21. The van der Waals surface area contributed by atoms with E-state index in [1.165, 1.54) is 0 Å². The number of nitrogens with two attached hydrogens (primary N) is 2. The van der Waals surface area contributed by atoms with Gasteiger partial charge in [-0.3, -0.25) is 14.6 Å². The molecular weight excluding hydrogens is 292 g/mol. The molecule has 0 aromatic heterocycles. The van der Waals surface area contributed by atoms with Gasteiger partial charge in [0.15, 0.2) is 0 Å². The Hall–Kier alpha value is -2.86. The standard InChI is InChI=1S/C17H20N4O2/c1-12-6-8-13(9-7-12)10-20-16(22)11-21(19)17(23)14-4-2-3-5-15(14)18/h2-9H,10-11,18-19H2,1H3,(H,20,22). The van der Waals surface area contributed by atoms with Crippen LogP contribution in [-0.4, -0.2) is 23.4 Å². The number of hydrogen-bond acceptors (Lipinski definition) is 4. The van der Waals surface area contributed by atoms with Crippen LogP contribution >= 0.6 is 0 Å². The van der Waals surface area contributed by atoms with Crippen molar-refractivity contribution in [3.63, 3.8) is 0 Å². The van der Waals surface area contributed by atoms with Crippen LogP contribution in [0.3, 0.4) is 0 Å². The van der Waals surface area contributed by atoms with Gasteiger partial charge in [-0.25, -0.2) is 5.84 Å². The molecule has 0 saturated carbocycles. The number of rotatable bonds is 5. The van der Waals surface area contributed by atoms with Crippen molar-refractivity contribution in [2.45, 2.75) is 13.5 Å². The summed E-state index contributed by atoms with van der Waals surface area (Å²) in [6.07, 6.45) is 0. The van der Waals surface area contributed by atoms with Gasteiger partial charge in [0.25, 0.3) is 5.91 Å². The van der Waals surface area contributed by atoms with Crippen molar-refractivity contribution >= 4 is 17.5 Å². The van der Waals surface area contributed by atoms with Crippen molar-refractivity contribution in [1.29, 1.82) is 0 Å². The second-order valence-electron chi connectivity index (χ2n) is 5.28. The number of nitrogens with one attached hydrogen (secondary N) is 1. The van der Waals surface area contributed by atoms with Crippen molar-refractivity contribution in [3.05, 3.63) is 65.2 Å². The number of para-hydroxylation sites is 1. The number of hydrogen-bond donors (Lipinski definition) is 3. The third-order valence-corrected chi connectivity index (χ3v) is 3.38. The highest BCUT2D eigenvalue weighted by Gasteiger charge is 2.17. The topological polar surface area (TPSA) is 101 Å².